The summed E-state index contributed by atoms with van der Waals surface area (Å²) in [6.07, 6.45) is 2.29. The van der Waals surface area contributed by atoms with Gasteiger partial charge < -0.3 is 9.15 Å². The van der Waals surface area contributed by atoms with Gasteiger partial charge in [-0.25, -0.2) is 0 Å². The van der Waals surface area contributed by atoms with Crippen LogP contribution in [0.2, 0.25) is 0 Å². The second-order valence-electron chi connectivity index (χ2n) is 3.24. The molecule has 0 saturated heterocycles. The number of carbonyl (C=O) groups excluding carboxylic acids is 2. The van der Waals surface area contributed by atoms with E-state index in [2.05, 4.69) is 4.74 Å². The molecule has 14 heavy (non-hydrogen) atoms. The summed E-state index contributed by atoms with van der Waals surface area (Å²) in [6.45, 7) is 0. The van der Waals surface area contributed by atoms with Gasteiger partial charge in [0.2, 0.25) is 0 Å². The molecule has 0 unspecified atom stereocenters. The van der Waals surface area contributed by atoms with Gasteiger partial charge >= 0.3 is 5.97 Å². The van der Waals surface area contributed by atoms with E-state index in [0.29, 0.717) is 24.2 Å². The van der Waals surface area contributed by atoms with Crippen molar-refractivity contribution in [2.75, 3.05) is 7.11 Å². The highest BCUT2D eigenvalue weighted by atomic mass is 16.5. The van der Waals surface area contributed by atoms with E-state index in [-0.39, 0.29) is 11.8 Å². The van der Waals surface area contributed by atoms with Crippen molar-refractivity contribution in [1.29, 1.82) is 0 Å². The first-order chi connectivity index (χ1) is 6.74. The maximum Gasteiger partial charge on any atom is 0.316 e. The van der Waals surface area contributed by atoms with E-state index >= 15 is 0 Å². The van der Waals surface area contributed by atoms with Gasteiger partial charge in [-0.15, -0.1) is 0 Å². The minimum Gasteiger partial charge on any atom is -0.468 e. The third-order valence-electron chi connectivity index (χ3n) is 2.46. The third kappa shape index (κ3) is 1.23. The lowest BCUT2D eigenvalue weighted by molar-refractivity contribution is -0.143. The average Bonchev–Trinajstić information content (AvgIpc) is 2.67. The Kier molecular flexibility index (Phi) is 2.11. The maximum atomic E-state index is 11.4. The second kappa shape index (κ2) is 3.29. The zero-order chi connectivity index (χ0) is 10.1. The zero-order valence-electron chi connectivity index (χ0n) is 7.78. The van der Waals surface area contributed by atoms with E-state index < -0.39 is 5.92 Å². The first-order valence-corrected chi connectivity index (χ1v) is 4.42. The second-order valence-corrected chi connectivity index (χ2v) is 3.24. The summed E-state index contributed by atoms with van der Waals surface area (Å²) < 4.78 is 9.78. The summed E-state index contributed by atoms with van der Waals surface area (Å²) in [5.41, 5.74) is 0.520. The summed E-state index contributed by atoms with van der Waals surface area (Å²) in [7, 11) is 1.33. The Morgan fingerprint density at radius 1 is 1.64 bits per heavy atom. The summed E-state index contributed by atoms with van der Waals surface area (Å²) in [4.78, 5) is 22.7. The molecule has 0 amide bonds. The number of ether oxygens (including phenoxy) is 1. The molecule has 4 heteroatoms. The van der Waals surface area contributed by atoms with Crippen LogP contribution in [0.15, 0.2) is 16.7 Å². The van der Waals surface area contributed by atoms with Gasteiger partial charge in [0.1, 0.15) is 11.7 Å². The van der Waals surface area contributed by atoms with Crippen molar-refractivity contribution >= 4 is 11.8 Å². The molecular weight excluding hydrogens is 184 g/mol. The number of methoxy groups -OCH3 is 1. The van der Waals surface area contributed by atoms with E-state index in [9.17, 15) is 9.59 Å². The number of hydrogen-bond donors (Lipinski definition) is 0. The number of rotatable bonds is 1. The van der Waals surface area contributed by atoms with Crippen LogP contribution in [0, 0.1) is 0 Å². The number of carbonyl (C=O) groups is 2. The molecule has 0 N–H and O–H groups in total. The molecule has 1 heterocycles. The highest BCUT2D eigenvalue weighted by Gasteiger charge is 2.33. The molecule has 1 atom stereocenters. The van der Waals surface area contributed by atoms with Crippen LogP contribution in [-0.4, -0.2) is 18.9 Å². The predicted molar refractivity (Wildman–Crippen MR) is 47.0 cm³/mol. The van der Waals surface area contributed by atoms with Crippen molar-refractivity contribution in [2.45, 2.75) is 18.8 Å². The number of furan rings is 1. The normalized spacial score (nSPS) is 20.4. The van der Waals surface area contributed by atoms with Crippen LogP contribution in [-0.2, 0) is 9.53 Å². The van der Waals surface area contributed by atoms with Gasteiger partial charge in [0.15, 0.2) is 5.78 Å². The Bertz CT molecular complexity index is 377. The van der Waals surface area contributed by atoms with Crippen LogP contribution in [0.4, 0.5) is 0 Å². The van der Waals surface area contributed by atoms with Gasteiger partial charge in [0.05, 0.1) is 18.9 Å². The number of ketones is 1. The van der Waals surface area contributed by atoms with Crippen molar-refractivity contribution < 1.29 is 18.7 Å². The van der Waals surface area contributed by atoms with Crippen molar-refractivity contribution in [3.63, 3.8) is 0 Å². The van der Waals surface area contributed by atoms with E-state index in [1.165, 1.54) is 13.4 Å². The quantitative estimate of drug-likeness (QED) is 0.636. The Morgan fingerprint density at radius 3 is 3.14 bits per heavy atom. The maximum absolute atomic E-state index is 11.4. The summed E-state index contributed by atoms with van der Waals surface area (Å²) in [5.74, 6) is -0.265. The Morgan fingerprint density at radius 2 is 2.43 bits per heavy atom. The summed E-state index contributed by atoms with van der Waals surface area (Å²) in [5, 5.41) is 0. The Balaban J connectivity index is 2.38. The third-order valence-corrected chi connectivity index (χ3v) is 2.46. The van der Waals surface area contributed by atoms with Gasteiger partial charge in [0.25, 0.3) is 0 Å². The molecule has 2 rings (SSSR count). The standard InChI is InChI=1S/C10H10O4/c1-13-10(12)7-2-3-8(11)6-4-5-14-9(6)7/h4-5,7H,2-3H2,1H3/t7-/m0/s1. The highest BCUT2D eigenvalue weighted by Crippen LogP contribution is 2.32. The van der Waals surface area contributed by atoms with E-state index in [1.54, 1.807) is 6.07 Å². The molecule has 0 radical (unpaired) electrons. The van der Waals surface area contributed by atoms with Gasteiger partial charge in [0, 0.05) is 6.42 Å². The highest BCUT2D eigenvalue weighted by molar-refractivity contribution is 6.00. The SMILES string of the molecule is COC(=O)[C@H]1CCC(=O)c2ccoc21. The lowest BCUT2D eigenvalue weighted by Gasteiger charge is -2.17. The van der Waals surface area contributed by atoms with Crippen LogP contribution >= 0.6 is 0 Å². The molecule has 0 spiro atoms. The van der Waals surface area contributed by atoms with Crippen molar-refractivity contribution in [1.82, 2.24) is 0 Å². The van der Waals surface area contributed by atoms with Crippen molar-refractivity contribution in [3.05, 3.63) is 23.7 Å². The Hall–Kier alpha value is -1.58. The van der Waals surface area contributed by atoms with Gasteiger partial charge in [-0.1, -0.05) is 0 Å². The zero-order valence-corrected chi connectivity index (χ0v) is 7.78. The predicted octanol–water partition coefficient (Wildman–Crippen LogP) is 1.51. The summed E-state index contributed by atoms with van der Waals surface area (Å²) in [6, 6.07) is 1.60. The van der Waals surface area contributed by atoms with Crippen LogP contribution in [0.3, 0.4) is 0 Å². The van der Waals surface area contributed by atoms with Crippen molar-refractivity contribution in [3.8, 4) is 0 Å². The fourth-order valence-electron chi connectivity index (χ4n) is 1.73. The fraction of sp³-hybridized carbons (Fsp3) is 0.400. The first kappa shape index (κ1) is 8.99. The average molecular weight is 194 g/mol. The monoisotopic (exact) mass is 194 g/mol. The minimum absolute atomic E-state index is 0.0360. The molecule has 0 aliphatic heterocycles. The fourth-order valence-corrected chi connectivity index (χ4v) is 1.73. The molecule has 0 aromatic carbocycles. The van der Waals surface area contributed by atoms with E-state index in [4.69, 9.17) is 4.42 Å². The van der Waals surface area contributed by atoms with E-state index in [0.717, 1.165) is 0 Å². The van der Waals surface area contributed by atoms with Gasteiger partial charge in [-0.05, 0) is 12.5 Å². The largest absolute Gasteiger partial charge is 0.468 e. The molecule has 74 valence electrons. The lowest BCUT2D eigenvalue weighted by Crippen LogP contribution is -2.21. The number of hydrogen-bond acceptors (Lipinski definition) is 4. The van der Waals surface area contributed by atoms with Crippen LogP contribution in [0.5, 0.6) is 0 Å². The van der Waals surface area contributed by atoms with Gasteiger partial charge in [-0.2, -0.15) is 0 Å². The molecule has 1 aromatic rings. The number of Topliss-reactive ketones (excluding diaryl/α,β-unsaturated/α-hetero) is 1. The van der Waals surface area contributed by atoms with Gasteiger partial charge in [-0.3, -0.25) is 9.59 Å². The van der Waals surface area contributed by atoms with Crippen LogP contribution in [0.1, 0.15) is 34.9 Å². The molecule has 1 aromatic heterocycles. The Labute approximate surface area is 80.8 Å². The molecule has 1 aliphatic rings. The lowest BCUT2D eigenvalue weighted by atomic mass is 9.88. The molecule has 0 saturated carbocycles. The van der Waals surface area contributed by atoms with Crippen LogP contribution in [0.25, 0.3) is 0 Å². The summed E-state index contributed by atoms with van der Waals surface area (Å²) >= 11 is 0. The van der Waals surface area contributed by atoms with Crippen LogP contribution < -0.4 is 0 Å². The first-order valence-electron chi connectivity index (χ1n) is 4.42. The molecule has 0 bridgehead atoms. The molecule has 4 nitrogen and oxygen atoms in total. The smallest absolute Gasteiger partial charge is 0.316 e. The topological polar surface area (TPSA) is 56.5 Å². The number of fused-ring (bicyclic) bond motifs is 1. The molecule has 1 aliphatic carbocycles. The van der Waals surface area contributed by atoms with Crippen molar-refractivity contribution in [2.24, 2.45) is 0 Å². The molecular formula is C10H10O4. The molecule has 0 fully saturated rings. The van der Waals surface area contributed by atoms with E-state index in [1.807, 2.05) is 0 Å². The number of esters is 1. The minimum atomic E-state index is -0.414.